The zero-order valence-electron chi connectivity index (χ0n) is 21.2. The van der Waals surface area contributed by atoms with Crippen LogP contribution in [0.4, 0.5) is 0 Å². The fourth-order valence-electron chi connectivity index (χ4n) is 6.00. The van der Waals surface area contributed by atoms with Gasteiger partial charge in [-0.2, -0.15) is 0 Å². The molecule has 2 heterocycles. The summed E-state index contributed by atoms with van der Waals surface area (Å²) in [5, 5.41) is 0.671. The number of hydrogen-bond acceptors (Lipinski definition) is 3. The fourth-order valence-corrected chi connectivity index (χ4v) is 6.45. The van der Waals surface area contributed by atoms with Crippen molar-refractivity contribution in [3.05, 3.63) is 57.6 Å². The van der Waals surface area contributed by atoms with E-state index in [1.165, 1.54) is 19.3 Å². The zero-order valence-corrected chi connectivity index (χ0v) is 22.7. The molecule has 2 aromatic rings. The van der Waals surface area contributed by atoms with Crippen LogP contribution in [0.15, 0.2) is 36.4 Å². The summed E-state index contributed by atoms with van der Waals surface area (Å²) in [6.45, 7) is 1.67. The number of carbonyl (C=O) groups is 3. The normalized spacial score (nSPS) is 21.2. The van der Waals surface area contributed by atoms with E-state index < -0.39 is 0 Å². The van der Waals surface area contributed by atoms with Gasteiger partial charge in [0, 0.05) is 38.6 Å². The van der Waals surface area contributed by atoms with Gasteiger partial charge in [-0.25, -0.2) is 0 Å². The molecule has 0 aromatic heterocycles. The van der Waals surface area contributed by atoms with E-state index in [0.717, 1.165) is 31.4 Å². The first-order valence-corrected chi connectivity index (χ1v) is 14.0. The Labute approximate surface area is 228 Å². The Balaban J connectivity index is 1.53. The Hall–Kier alpha value is -2.57. The molecule has 6 nitrogen and oxygen atoms in total. The molecule has 0 radical (unpaired) electrons. The highest BCUT2D eigenvalue weighted by Crippen LogP contribution is 2.40. The number of amides is 3. The second kappa shape index (κ2) is 11.0. The largest absolute Gasteiger partial charge is 0.342 e. The van der Waals surface area contributed by atoms with Crippen LogP contribution in [0.1, 0.15) is 54.4 Å². The summed E-state index contributed by atoms with van der Waals surface area (Å²) in [6, 6.07) is 11.7. The van der Waals surface area contributed by atoms with E-state index in [-0.39, 0.29) is 30.2 Å². The van der Waals surface area contributed by atoms with Crippen molar-refractivity contribution in [2.24, 2.45) is 5.92 Å². The molecule has 1 aliphatic carbocycles. The number of likely N-dealkylation sites (tertiary alicyclic amines) is 1. The number of benzene rings is 2. The van der Waals surface area contributed by atoms with Gasteiger partial charge in [-0.3, -0.25) is 14.4 Å². The van der Waals surface area contributed by atoms with Crippen molar-refractivity contribution in [2.45, 2.75) is 51.0 Å². The molecule has 8 heteroatoms. The number of likely N-dealkylation sites (N-methyl/N-ethyl adjacent to an activating group) is 1. The summed E-state index contributed by atoms with van der Waals surface area (Å²) in [5.74, 6) is -0.445. The molecule has 1 saturated carbocycles. The van der Waals surface area contributed by atoms with Crippen LogP contribution < -0.4 is 0 Å². The third kappa shape index (κ3) is 5.23. The van der Waals surface area contributed by atoms with Crippen molar-refractivity contribution >= 4 is 40.9 Å². The summed E-state index contributed by atoms with van der Waals surface area (Å²) >= 11 is 13.4. The first-order chi connectivity index (χ1) is 17.8. The lowest BCUT2D eigenvalue weighted by molar-refractivity contribution is -0.134. The molecule has 37 heavy (non-hydrogen) atoms. The Morgan fingerprint density at radius 2 is 1.70 bits per heavy atom. The predicted octanol–water partition coefficient (Wildman–Crippen LogP) is 5.30. The number of halogens is 2. The maximum Gasteiger partial charge on any atom is 0.255 e. The molecule has 2 aliphatic heterocycles. The highest BCUT2D eigenvalue weighted by molar-refractivity contribution is 6.43. The second-order valence-corrected chi connectivity index (χ2v) is 11.3. The van der Waals surface area contributed by atoms with Gasteiger partial charge in [-0.05, 0) is 48.4 Å². The van der Waals surface area contributed by atoms with E-state index in [4.69, 9.17) is 23.2 Å². The molecule has 196 valence electrons. The van der Waals surface area contributed by atoms with E-state index in [0.29, 0.717) is 52.3 Å². The molecule has 2 saturated heterocycles. The topological polar surface area (TPSA) is 60.9 Å². The molecule has 3 amide bonds. The van der Waals surface area contributed by atoms with E-state index >= 15 is 0 Å². The Bertz CT molecular complexity index is 1200. The lowest BCUT2D eigenvalue weighted by Crippen LogP contribution is -2.50. The SMILES string of the molecule is CN1CCN(C(=O)c2c(-c3ccccc3)cc(Cl)c(Cl)c2CC2CCN(C3CCCCC3)C2=O)CC1=O. The molecule has 2 aromatic carbocycles. The molecule has 3 aliphatic rings. The molecular formula is C29H33Cl2N3O3. The summed E-state index contributed by atoms with van der Waals surface area (Å²) in [6.07, 6.45) is 6.79. The quantitative estimate of drug-likeness (QED) is 0.516. The van der Waals surface area contributed by atoms with Gasteiger partial charge in [-0.15, -0.1) is 0 Å². The second-order valence-electron chi connectivity index (χ2n) is 10.5. The van der Waals surface area contributed by atoms with E-state index in [1.54, 1.807) is 22.9 Å². The lowest BCUT2D eigenvalue weighted by Gasteiger charge is -2.33. The minimum Gasteiger partial charge on any atom is -0.342 e. The van der Waals surface area contributed by atoms with Gasteiger partial charge < -0.3 is 14.7 Å². The van der Waals surface area contributed by atoms with Crippen LogP contribution in [-0.2, 0) is 16.0 Å². The van der Waals surface area contributed by atoms with Crippen LogP contribution in [0.5, 0.6) is 0 Å². The Kier molecular flexibility index (Phi) is 7.77. The van der Waals surface area contributed by atoms with Crippen LogP contribution in [0.2, 0.25) is 10.0 Å². The molecule has 0 N–H and O–H groups in total. The molecule has 0 spiro atoms. The highest BCUT2D eigenvalue weighted by Gasteiger charge is 2.38. The Morgan fingerprint density at radius 3 is 2.41 bits per heavy atom. The fraction of sp³-hybridized carbons (Fsp3) is 0.483. The molecule has 5 rings (SSSR count). The Morgan fingerprint density at radius 1 is 0.973 bits per heavy atom. The molecule has 1 unspecified atom stereocenters. The van der Waals surface area contributed by atoms with Crippen molar-refractivity contribution in [3.63, 3.8) is 0 Å². The lowest BCUT2D eigenvalue weighted by atomic mass is 9.88. The number of hydrogen-bond donors (Lipinski definition) is 0. The van der Waals surface area contributed by atoms with Crippen molar-refractivity contribution < 1.29 is 14.4 Å². The van der Waals surface area contributed by atoms with Crippen molar-refractivity contribution in [1.29, 1.82) is 0 Å². The standard InChI is InChI=1S/C29H33Cl2N3O3/c1-32-14-15-33(18-25(32)35)29(37)26-22(19-8-4-2-5-9-19)17-24(30)27(31)23(26)16-20-12-13-34(28(20)36)21-10-6-3-7-11-21/h2,4-5,8-9,17,20-21H,3,6-7,10-16,18H2,1H3. The van der Waals surface area contributed by atoms with Gasteiger partial charge in [0.25, 0.3) is 5.91 Å². The van der Waals surface area contributed by atoms with Gasteiger partial charge in [0.2, 0.25) is 11.8 Å². The number of nitrogens with zero attached hydrogens (tertiary/aromatic N) is 3. The maximum absolute atomic E-state index is 14.1. The average Bonchev–Trinajstić information content (AvgIpc) is 3.28. The van der Waals surface area contributed by atoms with Crippen LogP contribution in [0, 0.1) is 5.92 Å². The van der Waals surface area contributed by atoms with Crippen LogP contribution in [0.25, 0.3) is 11.1 Å². The minimum absolute atomic E-state index is 0.0149. The molecule has 1 atom stereocenters. The third-order valence-corrected chi connectivity index (χ3v) is 9.00. The number of carbonyl (C=O) groups excluding carboxylic acids is 3. The molecular weight excluding hydrogens is 509 g/mol. The van der Waals surface area contributed by atoms with E-state index in [1.807, 2.05) is 30.3 Å². The van der Waals surface area contributed by atoms with Gasteiger partial charge in [0.1, 0.15) is 6.54 Å². The van der Waals surface area contributed by atoms with Gasteiger partial charge in [-0.1, -0.05) is 72.8 Å². The van der Waals surface area contributed by atoms with Crippen LogP contribution in [0.3, 0.4) is 0 Å². The molecule has 0 bridgehead atoms. The van der Waals surface area contributed by atoms with Gasteiger partial charge in [0.05, 0.1) is 15.6 Å². The van der Waals surface area contributed by atoms with Crippen molar-refractivity contribution in [2.75, 3.05) is 33.2 Å². The summed E-state index contributed by atoms with van der Waals surface area (Å²) in [7, 11) is 1.74. The van der Waals surface area contributed by atoms with Crippen molar-refractivity contribution in [1.82, 2.24) is 14.7 Å². The highest BCUT2D eigenvalue weighted by atomic mass is 35.5. The predicted molar refractivity (Wildman–Crippen MR) is 146 cm³/mol. The van der Waals surface area contributed by atoms with Gasteiger partial charge >= 0.3 is 0 Å². The van der Waals surface area contributed by atoms with Gasteiger partial charge in [0.15, 0.2) is 0 Å². The van der Waals surface area contributed by atoms with E-state index in [2.05, 4.69) is 4.90 Å². The number of rotatable bonds is 5. The summed E-state index contributed by atoms with van der Waals surface area (Å²) in [4.78, 5) is 45.3. The summed E-state index contributed by atoms with van der Waals surface area (Å²) in [5.41, 5.74) is 2.57. The minimum atomic E-state index is -0.248. The van der Waals surface area contributed by atoms with Crippen LogP contribution >= 0.6 is 23.2 Å². The third-order valence-electron chi connectivity index (χ3n) is 8.18. The van der Waals surface area contributed by atoms with Crippen molar-refractivity contribution in [3.8, 4) is 11.1 Å². The zero-order chi connectivity index (χ0) is 26.1. The first kappa shape index (κ1) is 26.1. The molecule has 3 fully saturated rings. The van der Waals surface area contributed by atoms with E-state index in [9.17, 15) is 14.4 Å². The average molecular weight is 543 g/mol. The van der Waals surface area contributed by atoms with Crippen LogP contribution in [-0.4, -0.2) is 71.7 Å². The smallest absolute Gasteiger partial charge is 0.255 e. The maximum atomic E-state index is 14.1. The number of piperazine rings is 1. The first-order valence-electron chi connectivity index (χ1n) is 13.2. The summed E-state index contributed by atoms with van der Waals surface area (Å²) < 4.78 is 0. The monoisotopic (exact) mass is 541 g/mol.